The first-order valence-corrected chi connectivity index (χ1v) is 6.79. The number of hydrogen-bond acceptors (Lipinski definition) is 1. The molecule has 0 radical (unpaired) electrons. The average molecular weight is 224 g/mol. The van der Waals surface area contributed by atoms with Crippen LogP contribution in [-0.4, -0.2) is 11.2 Å². The molecule has 0 bridgehead atoms. The molecule has 1 fully saturated rings. The molecule has 1 heteroatoms. The maximum Gasteiger partial charge on any atom is 0.0599 e. The quantitative estimate of drug-likeness (QED) is 0.667. The second-order valence-electron chi connectivity index (χ2n) is 6.18. The highest BCUT2D eigenvalue weighted by Crippen LogP contribution is 2.47. The van der Waals surface area contributed by atoms with Gasteiger partial charge in [-0.3, -0.25) is 0 Å². The smallest absolute Gasteiger partial charge is 0.0599 e. The molecule has 1 saturated carbocycles. The molecule has 0 aromatic heterocycles. The fourth-order valence-electron chi connectivity index (χ4n) is 3.25. The lowest BCUT2D eigenvalue weighted by Gasteiger charge is -2.36. The molecule has 0 aromatic carbocycles. The summed E-state index contributed by atoms with van der Waals surface area (Å²) in [7, 11) is 0. The van der Waals surface area contributed by atoms with Crippen molar-refractivity contribution < 1.29 is 5.11 Å². The van der Waals surface area contributed by atoms with Gasteiger partial charge < -0.3 is 5.11 Å². The molecular weight excluding hydrogens is 196 g/mol. The van der Waals surface area contributed by atoms with Gasteiger partial charge in [-0.1, -0.05) is 32.3 Å². The van der Waals surface area contributed by atoms with Crippen molar-refractivity contribution in [3.05, 3.63) is 12.2 Å². The second kappa shape index (κ2) is 5.86. The number of allylic oxidation sites excluding steroid dienone is 1. The van der Waals surface area contributed by atoms with Gasteiger partial charge in [-0.15, -0.1) is 6.58 Å². The summed E-state index contributed by atoms with van der Waals surface area (Å²) in [6.07, 6.45) is 8.00. The van der Waals surface area contributed by atoms with E-state index in [1.54, 1.807) is 0 Å². The third-order valence-electron chi connectivity index (χ3n) is 3.97. The Bertz CT molecular complexity index is 224. The molecule has 1 rings (SSSR count). The maximum absolute atomic E-state index is 10.5. The molecule has 0 aliphatic heterocycles. The highest BCUT2D eigenvalue weighted by Gasteiger charge is 2.40. The summed E-state index contributed by atoms with van der Waals surface area (Å²) >= 11 is 0. The van der Waals surface area contributed by atoms with Crippen molar-refractivity contribution in [1.29, 1.82) is 0 Å². The molecule has 0 spiro atoms. The first kappa shape index (κ1) is 13.8. The zero-order chi connectivity index (χ0) is 12.2. The standard InChI is InChI=1S/C15H28O/c1-12(2)7-8-14(16)15(11-13(3)4)9-5-6-10-15/h13-14,16H,1,5-11H2,2-4H3. The van der Waals surface area contributed by atoms with Crippen LogP contribution >= 0.6 is 0 Å². The lowest BCUT2D eigenvalue weighted by atomic mass is 9.72. The van der Waals surface area contributed by atoms with Crippen LogP contribution in [0.25, 0.3) is 0 Å². The summed E-state index contributed by atoms with van der Waals surface area (Å²) in [4.78, 5) is 0. The van der Waals surface area contributed by atoms with Crippen LogP contribution in [0.15, 0.2) is 12.2 Å². The Balaban J connectivity index is 2.57. The molecule has 1 aliphatic rings. The fraction of sp³-hybridized carbons (Fsp3) is 0.867. The molecule has 1 N–H and O–H groups in total. The van der Waals surface area contributed by atoms with Crippen LogP contribution in [0.4, 0.5) is 0 Å². The number of hydrogen-bond donors (Lipinski definition) is 1. The van der Waals surface area contributed by atoms with Gasteiger partial charge >= 0.3 is 0 Å². The molecule has 94 valence electrons. The Hall–Kier alpha value is -0.300. The van der Waals surface area contributed by atoms with Gasteiger partial charge in [-0.2, -0.15) is 0 Å². The number of aliphatic hydroxyl groups is 1. The summed E-state index contributed by atoms with van der Waals surface area (Å²) in [5, 5.41) is 10.5. The molecule has 16 heavy (non-hydrogen) atoms. The monoisotopic (exact) mass is 224 g/mol. The van der Waals surface area contributed by atoms with Crippen molar-refractivity contribution in [3.8, 4) is 0 Å². The molecule has 0 amide bonds. The van der Waals surface area contributed by atoms with Crippen LogP contribution in [0, 0.1) is 11.3 Å². The predicted octanol–water partition coefficient (Wildman–Crippen LogP) is 4.31. The topological polar surface area (TPSA) is 20.2 Å². The Morgan fingerprint density at radius 2 is 1.88 bits per heavy atom. The van der Waals surface area contributed by atoms with Crippen molar-refractivity contribution in [2.45, 2.75) is 71.8 Å². The minimum atomic E-state index is -0.117. The predicted molar refractivity (Wildman–Crippen MR) is 70.4 cm³/mol. The third kappa shape index (κ3) is 3.62. The van der Waals surface area contributed by atoms with Crippen molar-refractivity contribution in [1.82, 2.24) is 0 Å². The maximum atomic E-state index is 10.5. The average Bonchev–Trinajstić information content (AvgIpc) is 2.62. The second-order valence-corrected chi connectivity index (χ2v) is 6.18. The summed E-state index contributed by atoms with van der Waals surface area (Å²) in [6.45, 7) is 10.5. The lowest BCUT2D eigenvalue weighted by molar-refractivity contribution is 0.00736. The van der Waals surface area contributed by atoms with E-state index in [9.17, 15) is 5.11 Å². The minimum absolute atomic E-state index is 0.117. The molecular formula is C15H28O. The van der Waals surface area contributed by atoms with Crippen molar-refractivity contribution in [2.24, 2.45) is 11.3 Å². The van der Waals surface area contributed by atoms with E-state index in [0.717, 1.165) is 12.8 Å². The van der Waals surface area contributed by atoms with Crippen molar-refractivity contribution in [3.63, 3.8) is 0 Å². The van der Waals surface area contributed by atoms with Gasteiger partial charge in [0.2, 0.25) is 0 Å². The third-order valence-corrected chi connectivity index (χ3v) is 3.97. The molecule has 1 atom stereocenters. The Labute approximate surface area is 101 Å². The molecule has 0 heterocycles. The van der Waals surface area contributed by atoms with Gasteiger partial charge in [0.15, 0.2) is 0 Å². The van der Waals surface area contributed by atoms with Crippen LogP contribution in [-0.2, 0) is 0 Å². The van der Waals surface area contributed by atoms with E-state index in [0.29, 0.717) is 5.92 Å². The Morgan fingerprint density at radius 1 is 1.31 bits per heavy atom. The first-order valence-electron chi connectivity index (χ1n) is 6.79. The van der Waals surface area contributed by atoms with Gasteiger partial charge in [-0.05, 0) is 50.4 Å². The highest BCUT2D eigenvalue weighted by atomic mass is 16.3. The van der Waals surface area contributed by atoms with E-state index >= 15 is 0 Å². The van der Waals surface area contributed by atoms with E-state index in [1.807, 2.05) is 0 Å². The van der Waals surface area contributed by atoms with E-state index in [1.165, 1.54) is 37.7 Å². The summed E-state index contributed by atoms with van der Waals surface area (Å²) in [5.41, 5.74) is 1.42. The van der Waals surface area contributed by atoms with Gasteiger partial charge in [0.05, 0.1) is 6.10 Å². The van der Waals surface area contributed by atoms with Crippen LogP contribution in [0.5, 0.6) is 0 Å². The molecule has 1 nitrogen and oxygen atoms in total. The Morgan fingerprint density at radius 3 is 2.31 bits per heavy atom. The highest BCUT2D eigenvalue weighted by molar-refractivity contribution is 4.95. The molecule has 0 saturated heterocycles. The first-order chi connectivity index (χ1) is 7.46. The van der Waals surface area contributed by atoms with Gasteiger partial charge in [0.1, 0.15) is 0 Å². The van der Waals surface area contributed by atoms with Crippen LogP contribution in [0.2, 0.25) is 0 Å². The normalized spacial score (nSPS) is 21.3. The van der Waals surface area contributed by atoms with Crippen LogP contribution < -0.4 is 0 Å². The summed E-state index contributed by atoms with van der Waals surface area (Å²) in [6, 6.07) is 0. The molecule has 1 unspecified atom stereocenters. The SMILES string of the molecule is C=C(C)CCC(O)C1(CC(C)C)CCCC1. The van der Waals surface area contributed by atoms with Gasteiger partial charge in [0, 0.05) is 0 Å². The van der Waals surface area contributed by atoms with E-state index < -0.39 is 0 Å². The molecule has 1 aliphatic carbocycles. The summed E-state index contributed by atoms with van der Waals surface area (Å²) in [5.74, 6) is 0.692. The molecule has 0 aromatic rings. The Kier molecular flexibility index (Phi) is 5.04. The minimum Gasteiger partial charge on any atom is -0.393 e. The number of aliphatic hydroxyl groups excluding tert-OH is 1. The summed E-state index contributed by atoms with van der Waals surface area (Å²) < 4.78 is 0. The largest absolute Gasteiger partial charge is 0.393 e. The van der Waals surface area contributed by atoms with E-state index in [-0.39, 0.29) is 11.5 Å². The lowest BCUT2D eigenvalue weighted by Crippen LogP contribution is -2.34. The van der Waals surface area contributed by atoms with E-state index in [2.05, 4.69) is 27.4 Å². The van der Waals surface area contributed by atoms with Gasteiger partial charge in [0.25, 0.3) is 0 Å². The van der Waals surface area contributed by atoms with E-state index in [4.69, 9.17) is 0 Å². The van der Waals surface area contributed by atoms with Crippen LogP contribution in [0.1, 0.15) is 65.7 Å². The van der Waals surface area contributed by atoms with Gasteiger partial charge in [-0.25, -0.2) is 0 Å². The zero-order valence-corrected chi connectivity index (χ0v) is 11.3. The van der Waals surface area contributed by atoms with Crippen LogP contribution in [0.3, 0.4) is 0 Å². The zero-order valence-electron chi connectivity index (χ0n) is 11.3. The fourth-order valence-corrected chi connectivity index (χ4v) is 3.25. The van der Waals surface area contributed by atoms with Crippen molar-refractivity contribution >= 4 is 0 Å². The van der Waals surface area contributed by atoms with Crippen molar-refractivity contribution in [2.75, 3.05) is 0 Å². The number of rotatable bonds is 6.